The number of aryl methyl sites for hydroxylation is 1. The van der Waals surface area contributed by atoms with Crippen molar-refractivity contribution < 1.29 is 51.5 Å². The summed E-state index contributed by atoms with van der Waals surface area (Å²) in [6, 6.07) is 10.3. The minimum atomic E-state index is -2.02. The van der Waals surface area contributed by atoms with Gasteiger partial charge in [-0.15, -0.1) is 11.3 Å². The molecule has 1 aromatic heterocycles. The van der Waals surface area contributed by atoms with Crippen LogP contribution in [-0.2, 0) is 24.0 Å². The SMILES string of the molecule is Cc1ncsc1-c1ccc([C@H](CC(=O)NCCCCCCCCONC(=O)c2ccc(F)c(F)c2Nc2ccc(I)cc2F)NC(=O)[C@@H]2C[C@@H](O)CN2C(=O)C(NC(=O)C2(F)CC2)C(C)(C)C)cc1. The molecule has 3 aromatic carbocycles. The maximum absolute atomic E-state index is 14.7. The van der Waals surface area contributed by atoms with E-state index in [-0.39, 0.29) is 56.0 Å². The van der Waals surface area contributed by atoms with E-state index in [4.69, 9.17) is 4.84 Å². The van der Waals surface area contributed by atoms with Gasteiger partial charge >= 0.3 is 0 Å². The lowest BCUT2D eigenvalue weighted by Crippen LogP contribution is -2.59. The van der Waals surface area contributed by atoms with E-state index in [9.17, 15) is 46.6 Å². The number of thiazole rings is 1. The molecule has 1 saturated carbocycles. The van der Waals surface area contributed by atoms with Crippen molar-refractivity contribution in [2.45, 2.75) is 122 Å². The molecule has 1 aliphatic heterocycles. The Morgan fingerprint density at radius 3 is 2.29 bits per heavy atom. The molecule has 6 N–H and O–H groups in total. The molecular weight excluding hydrogens is 1030 g/mol. The van der Waals surface area contributed by atoms with E-state index in [1.165, 1.54) is 28.4 Å². The number of halogens is 5. The van der Waals surface area contributed by atoms with Gasteiger partial charge in [-0.25, -0.2) is 28.0 Å². The molecule has 69 heavy (non-hydrogen) atoms. The molecule has 1 saturated heterocycles. The number of carbonyl (C=O) groups is 5. The summed E-state index contributed by atoms with van der Waals surface area (Å²) in [4.78, 5) is 79.0. The molecule has 1 unspecified atom stereocenters. The number of unbranched alkanes of at least 4 members (excludes halogenated alkanes) is 5. The second-order valence-electron chi connectivity index (χ2n) is 18.6. The van der Waals surface area contributed by atoms with Crippen LogP contribution in [0.15, 0.2) is 60.1 Å². The highest BCUT2D eigenvalue weighted by Gasteiger charge is 2.53. The number of hydrogen-bond donors (Lipinski definition) is 6. The van der Waals surface area contributed by atoms with E-state index in [1.807, 2.05) is 53.8 Å². The normalized spacial score (nSPS) is 17.2. The first-order valence-corrected chi connectivity index (χ1v) is 24.9. The molecule has 0 spiro atoms. The monoisotopic (exact) mass is 1090 g/mol. The molecule has 14 nitrogen and oxygen atoms in total. The lowest BCUT2D eigenvalue weighted by molar-refractivity contribution is -0.145. The summed E-state index contributed by atoms with van der Waals surface area (Å²) in [5, 5.41) is 21.7. The molecule has 6 rings (SSSR count). The fraction of sp³-hybridized carbons (Fsp3) is 0.469. The van der Waals surface area contributed by atoms with Crippen molar-refractivity contribution in [1.29, 1.82) is 0 Å². The number of amides is 5. The Morgan fingerprint density at radius 1 is 0.942 bits per heavy atom. The molecule has 1 aliphatic carbocycles. The maximum Gasteiger partial charge on any atom is 0.277 e. The number of aliphatic hydroxyl groups excluding tert-OH is 1. The predicted octanol–water partition coefficient (Wildman–Crippen LogP) is 8.24. The van der Waals surface area contributed by atoms with E-state index in [0.717, 1.165) is 54.0 Å². The number of anilines is 2. The van der Waals surface area contributed by atoms with Gasteiger partial charge in [0.25, 0.3) is 11.8 Å². The summed E-state index contributed by atoms with van der Waals surface area (Å²) in [7, 11) is 0. The Bertz CT molecular complexity index is 2490. The quantitative estimate of drug-likeness (QED) is 0.0195. The van der Waals surface area contributed by atoms with Gasteiger partial charge in [-0.1, -0.05) is 70.7 Å². The molecule has 4 aromatic rings. The fourth-order valence-electron chi connectivity index (χ4n) is 7.93. The number of hydrogen-bond acceptors (Lipinski definition) is 10. The highest BCUT2D eigenvalue weighted by atomic mass is 127. The van der Waals surface area contributed by atoms with E-state index in [2.05, 4.69) is 31.7 Å². The zero-order chi connectivity index (χ0) is 50.0. The van der Waals surface area contributed by atoms with Gasteiger partial charge < -0.3 is 31.3 Å². The number of β-amino-alcohol motifs (C(OH)–C–C–N with tert-alkyl or cyclic N) is 1. The number of hydroxylamine groups is 1. The first-order valence-electron chi connectivity index (χ1n) is 22.9. The number of aliphatic hydroxyl groups is 1. The van der Waals surface area contributed by atoms with Crippen LogP contribution in [0.5, 0.6) is 0 Å². The third-order valence-corrected chi connectivity index (χ3v) is 13.7. The highest BCUT2D eigenvalue weighted by molar-refractivity contribution is 14.1. The van der Waals surface area contributed by atoms with Crippen molar-refractivity contribution in [3.63, 3.8) is 0 Å². The van der Waals surface area contributed by atoms with Crippen LogP contribution in [0, 0.1) is 33.4 Å². The van der Waals surface area contributed by atoms with Gasteiger partial charge in [0.1, 0.15) is 17.9 Å². The van der Waals surface area contributed by atoms with Crippen molar-refractivity contribution in [3.05, 3.63) is 98.0 Å². The Balaban J connectivity index is 0.965. The van der Waals surface area contributed by atoms with Gasteiger partial charge in [-0.05, 0) is 102 Å². The number of carbonyl (C=O) groups excluding carboxylic acids is 5. The Hall–Kier alpha value is -5.19. The number of likely N-dealkylation sites (tertiary alicyclic amines) is 1. The zero-order valence-electron chi connectivity index (χ0n) is 38.9. The fourth-order valence-corrected chi connectivity index (χ4v) is 9.20. The number of rotatable bonds is 22. The summed E-state index contributed by atoms with van der Waals surface area (Å²) in [5.41, 5.74) is 2.60. The molecule has 2 aliphatic rings. The molecule has 5 amide bonds. The van der Waals surface area contributed by atoms with Gasteiger partial charge in [-0.2, -0.15) is 0 Å². The average molecular weight is 1090 g/mol. The van der Waals surface area contributed by atoms with Crippen molar-refractivity contribution in [2.75, 3.05) is 25.0 Å². The first kappa shape index (κ1) is 53.2. The number of benzene rings is 3. The number of nitrogens with one attached hydrogen (secondary N) is 5. The Kier molecular flexibility index (Phi) is 18.2. The van der Waals surface area contributed by atoms with Crippen LogP contribution in [0.3, 0.4) is 0 Å². The van der Waals surface area contributed by atoms with E-state index in [1.54, 1.807) is 32.3 Å². The standard InChI is InChI=1S/C49H58F4IN7O7S/c1-28-42(69-27-56-28)30-13-11-29(12-14-30)37(58-45(65)38-24-32(62)26-61(38)46(66)43(48(2,3)4)59-47(67)49(53)19-20-49)25-39(63)55-21-9-7-5-6-8-10-22-68-60-44(64)33-16-17-34(50)40(52)41(33)57-36-18-15-31(54)23-35(36)51/h11-18,23,27,32,37-38,43,57,62H,5-10,19-22,24-26H2,1-4H3,(H,55,63)(H,58,65)(H,59,67)(H,60,64)/t32-,37+,38+,43?/m1/s1. The third-order valence-electron chi connectivity index (χ3n) is 12.1. The predicted molar refractivity (Wildman–Crippen MR) is 261 cm³/mol. The third kappa shape index (κ3) is 14.2. The number of aromatic nitrogens is 1. The van der Waals surface area contributed by atoms with Crippen LogP contribution in [0.2, 0.25) is 0 Å². The van der Waals surface area contributed by atoms with Crippen LogP contribution >= 0.6 is 33.9 Å². The van der Waals surface area contributed by atoms with E-state index < -0.39 is 82.1 Å². The van der Waals surface area contributed by atoms with Gasteiger partial charge in [-0.3, -0.25) is 28.8 Å². The van der Waals surface area contributed by atoms with Crippen LogP contribution in [-0.4, -0.2) is 88.1 Å². The molecular formula is C49H58F4IN7O7S. The minimum Gasteiger partial charge on any atom is -0.391 e. The summed E-state index contributed by atoms with van der Waals surface area (Å²) in [5.74, 6) is -6.50. The van der Waals surface area contributed by atoms with E-state index >= 15 is 0 Å². The molecule has 0 bridgehead atoms. The van der Waals surface area contributed by atoms with Gasteiger partial charge in [0.2, 0.25) is 17.7 Å². The molecule has 372 valence electrons. The Labute approximate surface area is 416 Å². The molecule has 0 radical (unpaired) electrons. The minimum absolute atomic E-state index is 0.0664. The maximum atomic E-state index is 14.7. The average Bonchev–Trinajstić information content (AvgIpc) is 3.71. The lowest BCUT2D eigenvalue weighted by atomic mass is 9.85. The zero-order valence-corrected chi connectivity index (χ0v) is 41.8. The van der Waals surface area contributed by atoms with Crippen molar-refractivity contribution in [1.82, 2.24) is 31.3 Å². The summed E-state index contributed by atoms with van der Waals surface area (Å²) in [6.07, 6.45) is 3.44. The molecule has 2 heterocycles. The second-order valence-corrected chi connectivity index (χ2v) is 20.7. The van der Waals surface area contributed by atoms with Crippen LogP contribution < -0.4 is 26.7 Å². The highest BCUT2D eigenvalue weighted by Crippen LogP contribution is 2.41. The van der Waals surface area contributed by atoms with Crippen molar-refractivity contribution in [2.24, 2.45) is 5.41 Å². The number of alkyl halides is 1. The molecule has 20 heteroatoms. The summed E-state index contributed by atoms with van der Waals surface area (Å²) < 4.78 is 58.6. The Morgan fingerprint density at radius 2 is 1.64 bits per heavy atom. The summed E-state index contributed by atoms with van der Waals surface area (Å²) in [6.45, 7) is 7.45. The van der Waals surface area contributed by atoms with E-state index in [0.29, 0.717) is 28.5 Å². The second kappa shape index (κ2) is 23.6. The lowest BCUT2D eigenvalue weighted by Gasteiger charge is -2.36. The largest absolute Gasteiger partial charge is 0.391 e. The smallest absolute Gasteiger partial charge is 0.277 e. The van der Waals surface area contributed by atoms with Gasteiger partial charge in [0, 0.05) is 23.1 Å². The molecule has 4 atom stereocenters. The topological polar surface area (TPSA) is 191 Å². The summed E-state index contributed by atoms with van der Waals surface area (Å²) >= 11 is 3.40. The molecule has 2 fully saturated rings. The van der Waals surface area contributed by atoms with Crippen LogP contribution in [0.1, 0.15) is 113 Å². The number of nitrogens with zero attached hydrogens (tertiary/aromatic N) is 2. The van der Waals surface area contributed by atoms with Gasteiger partial charge in [0.05, 0.1) is 58.2 Å². The van der Waals surface area contributed by atoms with Gasteiger partial charge in [0.15, 0.2) is 17.3 Å². The van der Waals surface area contributed by atoms with Crippen LogP contribution in [0.25, 0.3) is 10.4 Å². The van der Waals surface area contributed by atoms with Crippen molar-refractivity contribution >= 4 is 74.8 Å². The van der Waals surface area contributed by atoms with Crippen molar-refractivity contribution in [3.8, 4) is 10.4 Å². The van der Waals surface area contributed by atoms with Crippen LogP contribution in [0.4, 0.5) is 28.9 Å². The first-order chi connectivity index (χ1) is 32.7.